The van der Waals surface area contributed by atoms with Crippen molar-refractivity contribution in [2.75, 3.05) is 39.3 Å². The molecular formula is C20H31N3O3. The van der Waals surface area contributed by atoms with Crippen LogP contribution < -0.4 is 0 Å². The Morgan fingerprint density at radius 1 is 1.12 bits per heavy atom. The molecule has 0 aromatic heterocycles. The Morgan fingerprint density at radius 3 is 2.38 bits per heavy atom. The summed E-state index contributed by atoms with van der Waals surface area (Å²) < 4.78 is 5.45. The van der Waals surface area contributed by atoms with Gasteiger partial charge in [0, 0.05) is 51.9 Å². The van der Waals surface area contributed by atoms with E-state index in [1.54, 1.807) is 4.90 Å². The minimum atomic E-state index is -0.464. The Morgan fingerprint density at radius 2 is 1.77 bits per heavy atom. The van der Waals surface area contributed by atoms with Gasteiger partial charge in [-0.1, -0.05) is 30.3 Å². The molecule has 26 heavy (non-hydrogen) atoms. The molecule has 2 aliphatic rings. The molecule has 6 nitrogen and oxygen atoms in total. The van der Waals surface area contributed by atoms with Crippen molar-refractivity contribution in [2.24, 2.45) is 0 Å². The summed E-state index contributed by atoms with van der Waals surface area (Å²) in [6.45, 7) is 10.9. The Hall–Kier alpha value is -1.63. The van der Waals surface area contributed by atoms with E-state index in [1.165, 1.54) is 5.56 Å². The predicted octanol–water partition coefficient (Wildman–Crippen LogP) is 1.78. The van der Waals surface area contributed by atoms with Gasteiger partial charge in [0.25, 0.3) is 0 Å². The molecule has 0 radical (unpaired) electrons. The Bertz CT molecular complexity index is 594. The molecule has 0 saturated carbocycles. The third-order valence-corrected chi connectivity index (χ3v) is 5.02. The van der Waals surface area contributed by atoms with Crippen LogP contribution in [-0.4, -0.2) is 82.9 Å². The van der Waals surface area contributed by atoms with Crippen LogP contribution in [-0.2, 0) is 11.3 Å². The Labute approximate surface area is 156 Å². The normalized spacial score (nSPS) is 25.5. The number of β-amino-alcohol motifs (C(OH)–C–C–N with tert-alkyl or cyclic N) is 1. The fourth-order valence-electron chi connectivity index (χ4n) is 3.74. The molecule has 2 fully saturated rings. The molecule has 2 atom stereocenters. The molecule has 1 amide bonds. The van der Waals surface area contributed by atoms with Crippen molar-refractivity contribution in [1.82, 2.24) is 14.7 Å². The summed E-state index contributed by atoms with van der Waals surface area (Å²) in [6, 6.07) is 10.5. The third-order valence-electron chi connectivity index (χ3n) is 5.02. The third kappa shape index (κ3) is 4.96. The largest absolute Gasteiger partial charge is 0.444 e. The lowest BCUT2D eigenvalue weighted by Gasteiger charge is -2.39. The first-order valence-corrected chi connectivity index (χ1v) is 9.48. The summed E-state index contributed by atoms with van der Waals surface area (Å²) >= 11 is 0. The SMILES string of the molecule is CC(C)(C)OC(=O)N1CCN(C2CN(Cc3ccccc3)CC2O)CC1. The number of likely N-dealkylation sites (tertiary alicyclic amines) is 1. The number of nitrogens with zero attached hydrogens (tertiary/aromatic N) is 3. The molecule has 144 valence electrons. The van der Waals surface area contributed by atoms with Gasteiger partial charge in [0.2, 0.25) is 0 Å². The Kier molecular flexibility index (Phi) is 5.85. The van der Waals surface area contributed by atoms with Crippen LogP contribution in [0.2, 0.25) is 0 Å². The number of amides is 1. The number of carbonyl (C=O) groups is 1. The van der Waals surface area contributed by atoms with Gasteiger partial charge in [0.15, 0.2) is 0 Å². The molecule has 2 saturated heterocycles. The second-order valence-electron chi connectivity index (χ2n) is 8.32. The highest BCUT2D eigenvalue weighted by Gasteiger charge is 2.37. The fourth-order valence-corrected chi connectivity index (χ4v) is 3.74. The molecule has 2 aliphatic heterocycles. The first-order chi connectivity index (χ1) is 12.3. The van der Waals surface area contributed by atoms with Crippen LogP contribution in [0.5, 0.6) is 0 Å². The van der Waals surface area contributed by atoms with Crippen molar-refractivity contribution >= 4 is 6.09 Å². The maximum absolute atomic E-state index is 12.2. The van der Waals surface area contributed by atoms with Gasteiger partial charge in [-0.25, -0.2) is 4.79 Å². The quantitative estimate of drug-likeness (QED) is 0.889. The molecule has 6 heteroatoms. The van der Waals surface area contributed by atoms with Gasteiger partial charge in [0.05, 0.1) is 6.10 Å². The number of rotatable bonds is 3. The lowest BCUT2D eigenvalue weighted by Crippen LogP contribution is -2.55. The van der Waals surface area contributed by atoms with Gasteiger partial charge in [-0.05, 0) is 26.3 Å². The minimum Gasteiger partial charge on any atom is -0.444 e. The molecule has 1 aromatic rings. The monoisotopic (exact) mass is 361 g/mol. The van der Waals surface area contributed by atoms with E-state index < -0.39 is 5.60 Å². The molecule has 0 aliphatic carbocycles. The van der Waals surface area contributed by atoms with Gasteiger partial charge in [-0.3, -0.25) is 9.80 Å². The summed E-state index contributed by atoms with van der Waals surface area (Å²) in [6.07, 6.45) is -0.582. The van der Waals surface area contributed by atoms with E-state index in [4.69, 9.17) is 4.74 Å². The van der Waals surface area contributed by atoms with E-state index in [-0.39, 0.29) is 18.2 Å². The maximum Gasteiger partial charge on any atom is 0.410 e. The van der Waals surface area contributed by atoms with Crippen molar-refractivity contribution in [2.45, 2.75) is 45.1 Å². The lowest BCUT2D eigenvalue weighted by atomic mass is 10.1. The predicted molar refractivity (Wildman–Crippen MR) is 101 cm³/mol. The van der Waals surface area contributed by atoms with Gasteiger partial charge in [-0.15, -0.1) is 0 Å². The second-order valence-corrected chi connectivity index (χ2v) is 8.32. The number of ether oxygens (including phenoxy) is 1. The zero-order chi connectivity index (χ0) is 18.7. The average molecular weight is 361 g/mol. The summed E-state index contributed by atoms with van der Waals surface area (Å²) in [5.74, 6) is 0. The number of piperazine rings is 1. The Balaban J connectivity index is 1.49. The first kappa shape index (κ1) is 19.1. The molecule has 1 N–H and O–H groups in total. The van der Waals surface area contributed by atoms with Crippen molar-refractivity contribution in [3.05, 3.63) is 35.9 Å². The summed E-state index contributed by atoms with van der Waals surface area (Å²) in [5, 5.41) is 10.5. The van der Waals surface area contributed by atoms with Crippen LogP contribution >= 0.6 is 0 Å². The number of hydrogen-bond acceptors (Lipinski definition) is 5. The number of benzene rings is 1. The standard InChI is InChI=1S/C20H31N3O3/c1-20(2,3)26-19(25)23-11-9-22(10-12-23)17-14-21(15-18(17)24)13-16-7-5-4-6-8-16/h4-8,17-18,24H,9-15H2,1-3H3. The second kappa shape index (κ2) is 7.94. The smallest absolute Gasteiger partial charge is 0.410 e. The zero-order valence-corrected chi connectivity index (χ0v) is 16.1. The van der Waals surface area contributed by atoms with Crippen molar-refractivity contribution < 1.29 is 14.6 Å². The summed E-state index contributed by atoms with van der Waals surface area (Å²) in [7, 11) is 0. The molecule has 2 heterocycles. The number of hydrogen-bond donors (Lipinski definition) is 1. The zero-order valence-electron chi connectivity index (χ0n) is 16.1. The van der Waals surface area contributed by atoms with Crippen LogP contribution in [0.15, 0.2) is 30.3 Å². The highest BCUT2D eigenvalue weighted by molar-refractivity contribution is 5.68. The molecule has 0 spiro atoms. The van der Waals surface area contributed by atoms with Gasteiger partial charge in [-0.2, -0.15) is 0 Å². The van der Waals surface area contributed by atoms with Crippen molar-refractivity contribution in [3.63, 3.8) is 0 Å². The highest BCUT2D eigenvalue weighted by Crippen LogP contribution is 2.21. The first-order valence-electron chi connectivity index (χ1n) is 9.48. The maximum atomic E-state index is 12.2. The summed E-state index contributed by atoms with van der Waals surface area (Å²) in [5.41, 5.74) is 0.809. The molecule has 2 unspecified atom stereocenters. The van der Waals surface area contributed by atoms with Gasteiger partial charge < -0.3 is 14.7 Å². The highest BCUT2D eigenvalue weighted by atomic mass is 16.6. The van der Waals surface area contributed by atoms with Gasteiger partial charge in [0.1, 0.15) is 5.60 Å². The van der Waals surface area contributed by atoms with Crippen LogP contribution in [0.1, 0.15) is 26.3 Å². The average Bonchev–Trinajstić information content (AvgIpc) is 2.94. The molecule has 1 aromatic carbocycles. The molecular weight excluding hydrogens is 330 g/mol. The van der Waals surface area contributed by atoms with Crippen molar-refractivity contribution in [3.8, 4) is 0 Å². The van der Waals surface area contributed by atoms with Crippen LogP contribution in [0.3, 0.4) is 0 Å². The van der Waals surface area contributed by atoms with E-state index in [1.807, 2.05) is 26.8 Å². The van der Waals surface area contributed by atoms with E-state index in [0.29, 0.717) is 19.6 Å². The minimum absolute atomic E-state index is 0.138. The van der Waals surface area contributed by atoms with Crippen LogP contribution in [0.4, 0.5) is 4.79 Å². The topological polar surface area (TPSA) is 56.2 Å². The van der Waals surface area contributed by atoms with E-state index in [0.717, 1.165) is 26.2 Å². The molecule has 0 bridgehead atoms. The van der Waals surface area contributed by atoms with E-state index >= 15 is 0 Å². The number of aliphatic hydroxyl groups is 1. The van der Waals surface area contributed by atoms with Crippen LogP contribution in [0.25, 0.3) is 0 Å². The van der Waals surface area contributed by atoms with E-state index in [2.05, 4.69) is 34.1 Å². The van der Waals surface area contributed by atoms with Crippen molar-refractivity contribution in [1.29, 1.82) is 0 Å². The number of carbonyl (C=O) groups excluding carboxylic acids is 1. The van der Waals surface area contributed by atoms with Gasteiger partial charge >= 0.3 is 6.09 Å². The number of aliphatic hydroxyl groups excluding tert-OH is 1. The lowest BCUT2D eigenvalue weighted by molar-refractivity contribution is 0.00326. The molecule has 3 rings (SSSR count). The summed E-state index contributed by atoms with van der Waals surface area (Å²) in [4.78, 5) is 18.6. The van der Waals surface area contributed by atoms with Crippen LogP contribution in [0, 0.1) is 0 Å². The fraction of sp³-hybridized carbons (Fsp3) is 0.650. The van der Waals surface area contributed by atoms with E-state index in [9.17, 15) is 9.90 Å².